The molecule has 3 heterocycles. The minimum atomic E-state index is -3.61. The molecule has 9 nitrogen and oxygen atoms in total. The largest absolute Gasteiger partial charge is 0.419 e. The van der Waals surface area contributed by atoms with E-state index in [1.165, 1.54) is 27.1 Å². The van der Waals surface area contributed by atoms with Crippen molar-refractivity contribution < 1.29 is 17.6 Å². The van der Waals surface area contributed by atoms with Crippen molar-refractivity contribution in [1.29, 1.82) is 0 Å². The average molecular weight is 495 g/mol. The Kier molecular flexibility index (Phi) is 5.76. The van der Waals surface area contributed by atoms with Gasteiger partial charge in [-0.1, -0.05) is 0 Å². The molecule has 0 spiro atoms. The number of aryl methyl sites for hydroxylation is 1. The van der Waals surface area contributed by atoms with Crippen molar-refractivity contribution in [2.75, 3.05) is 18.4 Å². The third kappa shape index (κ3) is 4.18. The molecule has 0 radical (unpaired) electrons. The number of rotatable bonds is 6. The summed E-state index contributed by atoms with van der Waals surface area (Å²) in [5.74, 6) is -0.543. The smallest absolute Gasteiger partial charge is 0.408 e. The summed E-state index contributed by atoms with van der Waals surface area (Å²) < 4.78 is 34.2. The monoisotopic (exact) mass is 494 g/mol. The van der Waals surface area contributed by atoms with Gasteiger partial charge < -0.3 is 9.73 Å². The average Bonchev–Trinajstić information content (AvgIpc) is 3.36. The molecule has 3 aromatic rings. The maximum Gasteiger partial charge on any atom is 0.419 e. The summed E-state index contributed by atoms with van der Waals surface area (Å²) in [7, 11) is -3.61. The van der Waals surface area contributed by atoms with E-state index in [2.05, 4.69) is 26.2 Å². The number of benzene rings is 1. The molecule has 30 heavy (non-hydrogen) atoms. The molecule has 0 saturated carbocycles. The van der Waals surface area contributed by atoms with E-state index in [4.69, 9.17) is 4.42 Å². The second kappa shape index (κ2) is 8.32. The predicted molar refractivity (Wildman–Crippen MR) is 114 cm³/mol. The molecule has 1 N–H and O–H groups in total. The number of carbonyl (C=O) groups excluding carboxylic acids is 1. The van der Waals surface area contributed by atoms with E-state index in [1.54, 1.807) is 18.3 Å². The van der Waals surface area contributed by atoms with Crippen LogP contribution < -0.4 is 11.1 Å². The van der Waals surface area contributed by atoms with Crippen LogP contribution in [-0.2, 0) is 21.4 Å². The molecule has 11 heteroatoms. The van der Waals surface area contributed by atoms with Crippen LogP contribution >= 0.6 is 15.9 Å². The van der Waals surface area contributed by atoms with Crippen molar-refractivity contribution in [3.63, 3.8) is 0 Å². The van der Waals surface area contributed by atoms with Crippen molar-refractivity contribution >= 4 is 48.8 Å². The fraction of sp³-hybridized carbons (Fsp3) is 0.316. The maximum absolute atomic E-state index is 12.7. The highest BCUT2D eigenvalue weighted by Gasteiger charge is 2.28. The van der Waals surface area contributed by atoms with Gasteiger partial charge in [0.05, 0.1) is 10.4 Å². The van der Waals surface area contributed by atoms with E-state index >= 15 is 0 Å². The third-order valence-corrected chi connectivity index (χ3v) is 7.26. The number of nitrogens with one attached hydrogen (secondary N) is 1. The lowest BCUT2D eigenvalue weighted by Crippen LogP contribution is -2.27. The topological polar surface area (TPSA) is 115 Å². The predicted octanol–water partition coefficient (Wildman–Crippen LogP) is 2.57. The van der Waals surface area contributed by atoms with Gasteiger partial charge in [-0.05, 0) is 53.0 Å². The van der Waals surface area contributed by atoms with Gasteiger partial charge in [-0.25, -0.2) is 18.2 Å². The minimum absolute atomic E-state index is 0.0279. The molecule has 1 fully saturated rings. The SMILES string of the molecule is O=C(CCn1c(=O)oc2cc(S(=O)(=O)N3CCCC3)ccc21)Nc1ccc(Br)cn1. The highest BCUT2D eigenvalue weighted by Crippen LogP contribution is 2.24. The zero-order valence-corrected chi connectivity index (χ0v) is 18.3. The lowest BCUT2D eigenvalue weighted by Gasteiger charge is -2.15. The van der Waals surface area contributed by atoms with Crippen LogP contribution in [0.15, 0.2) is 55.1 Å². The van der Waals surface area contributed by atoms with E-state index in [-0.39, 0.29) is 29.4 Å². The first kappa shape index (κ1) is 20.8. The molecule has 1 aromatic carbocycles. The number of oxazole rings is 1. The molecule has 4 rings (SSSR count). The molecule has 1 saturated heterocycles. The molecule has 0 aliphatic carbocycles. The third-order valence-electron chi connectivity index (χ3n) is 4.90. The molecule has 0 unspecified atom stereocenters. The van der Waals surface area contributed by atoms with Crippen LogP contribution in [0.5, 0.6) is 0 Å². The van der Waals surface area contributed by atoms with E-state index in [0.29, 0.717) is 24.4 Å². The normalized spacial score (nSPS) is 15.0. The molecule has 1 aliphatic rings. The van der Waals surface area contributed by atoms with Crippen molar-refractivity contribution in [3.05, 3.63) is 51.6 Å². The molecule has 0 atom stereocenters. The number of hydrogen-bond acceptors (Lipinski definition) is 6. The summed E-state index contributed by atoms with van der Waals surface area (Å²) in [4.78, 5) is 28.6. The summed E-state index contributed by atoms with van der Waals surface area (Å²) in [6.45, 7) is 1.08. The highest BCUT2D eigenvalue weighted by atomic mass is 79.9. The number of carbonyl (C=O) groups is 1. The van der Waals surface area contributed by atoms with Crippen molar-refractivity contribution in [1.82, 2.24) is 13.9 Å². The van der Waals surface area contributed by atoms with E-state index in [9.17, 15) is 18.0 Å². The van der Waals surface area contributed by atoms with Crippen LogP contribution in [-0.4, -0.2) is 41.3 Å². The van der Waals surface area contributed by atoms with Gasteiger partial charge in [-0.15, -0.1) is 0 Å². The summed E-state index contributed by atoms with van der Waals surface area (Å²) in [5.41, 5.74) is 0.616. The Hall–Kier alpha value is -2.50. The van der Waals surface area contributed by atoms with Crippen LogP contribution in [0, 0.1) is 0 Å². The van der Waals surface area contributed by atoms with Crippen LogP contribution in [0.2, 0.25) is 0 Å². The molecule has 0 bridgehead atoms. The number of aromatic nitrogens is 2. The standard InChI is InChI=1S/C19H19BrN4O5S/c20-13-3-6-17(21-12-13)22-18(25)7-10-24-15-5-4-14(11-16(15)29-19(24)26)30(27,28)23-8-1-2-9-23/h3-6,11-12H,1-2,7-10H2,(H,21,22,25). The number of fused-ring (bicyclic) bond motifs is 1. The minimum Gasteiger partial charge on any atom is -0.408 e. The Balaban J connectivity index is 1.51. The number of amides is 1. The maximum atomic E-state index is 12.7. The van der Waals surface area contributed by atoms with Gasteiger partial charge in [0.1, 0.15) is 5.82 Å². The van der Waals surface area contributed by atoms with Crippen LogP contribution in [0.1, 0.15) is 19.3 Å². The number of sulfonamides is 1. The Morgan fingerprint density at radius 1 is 1.20 bits per heavy atom. The number of pyridine rings is 1. The summed E-state index contributed by atoms with van der Waals surface area (Å²) in [5, 5.41) is 2.66. The summed E-state index contributed by atoms with van der Waals surface area (Å²) in [6.07, 6.45) is 3.27. The Bertz CT molecular complexity index is 1240. The van der Waals surface area contributed by atoms with Gasteiger partial charge in [-0.3, -0.25) is 9.36 Å². The fourth-order valence-electron chi connectivity index (χ4n) is 3.36. The number of anilines is 1. The van der Waals surface area contributed by atoms with Gasteiger partial charge in [-0.2, -0.15) is 4.31 Å². The first-order valence-corrected chi connectivity index (χ1v) is 11.6. The zero-order chi connectivity index (χ0) is 21.3. The Morgan fingerprint density at radius 2 is 1.97 bits per heavy atom. The van der Waals surface area contributed by atoms with Gasteiger partial charge >= 0.3 is 5.76 Å². The van der Waals surface area contributed by atoms with Gasteiger partial charge in [0.25, 0.3) is 0 Å². The number of halogens is 1. The Morgan fingerprint density at radius 3 is 2.67 bits per heavy atom. The van der Waals surface area contributed by atoms with Gasteiger partial charge in [0.15, 0.2) is 5.58 Å². The number of hydrogen-bond donors (Lipinski definition) is 1. The van der Waals surface area contributed by atoms with Crippen LogP contribution in [0.3, 0.4) is 0 Å². The van der Waals surface area contributed by atoms with Crippen molar-refractivity contribution in [3.8, 4) is 0 Å². The van der Waals surface area contributed by atoms with Crippen LogP contribution in [0.4, 0.5) is 5.82 Å². The molecule has 1 amide bonds. The van der Waals surface area contributed by atoms with Crippen molar-refractivity contribution in [2.24, 2.45) is 0 Å². The molecule has 158 valence electrons. The van der Waals surface area contributed by atoms with Crippen molar-refractivity contribution in [2.45, 2.75) is 30.7 Å². The first-order chi connectivity index (χ1) is 14.3. The highest BCUT2D eigenvalue weighted by molar-refractivity contribution is 9.10. The molecular weight excluding hydrogens is 476 g/mol. The fourth-order valence-corrected chi connectivity index (χ4v) is 5.13. The zero-order valence-electron chi connectivity index (χ0n) is 15.9. The molecule has 1 aliphatic heterocycles. The molecular formula is C19H19BrN4O5S. The molecule has 2 aromatic heterocycles. The summed E-state index contributed by atoms with van der Waals surface area (Å²) >= 11 is 3.27. The van der Waals surface area contributed by atoms with Gasteiger partial charge in [0, 0.05) is 42.8 Å². The first-order valence-electron chi connectivity index (χ1n) is 9.39. The summed E-state index contributed by atoms with van der Waals surface area (Å²) in [6, 6.07) is 7.78. The lowest BCUT2D eigenvalue weighted by molar-refractivity contribution is -0.116. The second-order valence-corrected chi connectivity index (χ2v) is 9.77. The van der Waals surface area contributed by atoms with E-state index < -0.39 is 15.8 Å². The number of nitrogens with zero attached hydrogens (tertiary/aromatic N) is 3. The van der Waals surface area contributed by atoms with E-state index in [1.807, 2.05) is 0 Å². The van der Waals surface area contributed by atoms with Gasteiger partial charge in [0.2, 0.25) is 15.9 Å². The second-order valence-electron chi connectivity index (χ2n) is 6.92. The quantitative estimate of drug-likeness (QED) is 0.562. The van der Waals surface area contributed by atoms with E-state index in [0.717, 1.165) is 17.3 Å². The Labute approximate surface area is 180 Å². The lowest BCUT2D eigenvalue weighted by atomic mass is 10.3. The van der Waals surface area contributed by atoms with Crippen LogP contribution in [0.25, 0.3) is 11.1 Å².